The molecule has 0 saturated carbocycles. The predicted octanol–water partition coefficient (Wildman–Crippen LogP) is 6.26. The van der Waals surface area contributed by atoms with Crippen LogP contribution in [-0.4, -0.2) is 29.5 Å². The van der Waals surface area contributed by atoms with Crippen molar-refractivity contribution in [3.05, 3.63) is 84.4 Å². The molecule has 8 bridgehead atoms. The van der Waals surface area contributed by atoms with Gasteiger partial charge in [-0.25, -0.2) is 9.36 Å². The molecule has 0 amide bonds. The van der Waals surface area contributed by atoms with Crippen molar-refractivity contribution < 1.29 is 0 Å². The summed E-state index contributed by atoms with van der Waals surface area (Å²) in [6.07, 6.45) is 4.13. The second kappa shape index (κ2) is 6.29. The van der Waals surface area contributed by atoms with Crippen molar-refractivity contribution in [1.29, 1.82) is 0 Å². The molecule has 1 aliphatic rings. The molecular formula is C28H26N6. The van der Waals surface area contributed by atoms with E-state index in [1.54, 1.807) is 0 Å². The second-order valence-corrected chi connectivity index (χ2v) is 10.4. The van der Waals surface area contributed by atoms with Crippen LogP contribution in [0.4, 0.5) is 0 Å². The van der Waals surface area contributed by atoms with E-state index in [0.717, 1.165) is 56.0 Å². The summed E-state index contributed by atoms with van der Waals surface area (Å²) in [7, 11) is 0. The number of rotatable bonds is 0. The highest BCUT2D eigenvalue weighted by atomic mass is 15.3. The SMILES string of the molecule is CC1(C)c2ccn(n2)-c2cccc3cc([nH]c23)-c2cc3cccc(c3[nH]2)-n2ccc(n2)C1(C)C. The van der Waals surface area contributed by atoms with Gasteiger partial charge in [-0.1, -0.05) is 52.0 Å². The van der Waals surface area contributed by atoms with Crippen LogP contribution < -0.4 is 0 Å². The smallest absolute Gasteiger partial charge is 0.0886 e. The summed E-state index contributed by atoms with van der Waals surface area (Å²) in [6, 6.07) is 21.4. The van der Waals surface area contributed by atoms with Gasteiger partial charge in [-0.05, 0) is 36.4 Å². The van der Waals surface area contributed by atoms with Gasteiger partial charge in [-0.3, -0.25) is 0 Å². The number of aromatic nitrogens is 6. The molecule has 0 saturated heterocycles. The number of hydrogen-bond acceptors (Lipinski definition) is 2. The maximum atomic E-state index is 5.07. The van der Waals surface area contributed by atoms with Gasteiger partial charge in [-0.2, -0.15) is 10.2 Å². The summed E-state index contributed by atoms with van der Waals surface area (Å²) in [5, 5.41) is 12.5. The summed E-state index contributed by atoms with van der Waals surface area (Å²) in [4.78, 5) is 7.31. The summed E-state index contributed by atoms with van der Waals surface area (Å²) < 4.78 is 3.98. The molecule has 0 fully saturated rings. The highest BCUT2D eigenvalue weighted by Gasteiger charge is 2.43. The number of nitrogens with one attached hydrogen (secondary N) is 2. The Labute approximate surface area is 197 Å². The van der Waals surface area contributed by atoms with E-state index in [2.05, 4.69) is 111 Å². The number of fused-ring (bicyclic) bond motifs is 9. The standard InChI is InChI=1S/C28H26N6/c1-27(2)23-11-13-33(31-23)21-9-5-7-17-15-19(29-25(17)21)20-16-18-8-6-10-22(26(18)30-20)34-14-12-24(32-34)28(27,3)4/h5-16,29-30H,1-4H3. The molecule has 1 aliphatic heterocycles. The van der Waals surface area contributed by atoms with Crippen molar-refractivity contribution in [2.24, 2.45) is 0 Å². The van der Waals surface area contributed by atoms with Gasteiger partial charge < -0.3 is 9.97 Å². The first kappa shape index (κ1) is 19.4. The average Bonchev–Trinajstić information content (AvgIpc) is 3.61. The lowest BCUT2D eigenvalue weighted by Crippen LogP contribution is -2.41. The minimum Gasteiger partial charge on any atom is -0.352 e. The van der Waals surface area contributed by atoms with E-state index >= 15 is 0 Å². The van der Waals surface area contributed by atoms with Crippen molar-refractivity contribution in [3.8, 4) is 22.8 Å². The maximum absolute atomic E-state index is 5.07. The Kier molecular flexibility index (Phi) is 3.59. The lowest BCUT2D eigenvalue weighted by Gasteiger charge is -2.39. The fourth-order valence-corrected chi connectivity index (χ4v) is 5.18. The zero-order valence-corrected chi connectivity index (χ0v) is 19.7. The van der Waals surface area contributed by atoms with Gasteiger partial charge in [0.1, 0.15) is 0 Å². The Bertz CT molecular complexity index is 1590. The van der Waals surface area contributed by atoms with Crippen molar-refractivity contribution in [2.45, 2.75) is 38.5 Å². The van der Waals surface area contributed by atoms with Crippen LogP contribution in [0.15, 0.2) is 73.1 Å². The van der Waals surface area contributed by atoms with Crippen molar-refractivity contribution in [2.75, 3.05) is 0 Å². The van der Waals surface area contributed by atoms with E-state index in [1.165, 1.54) is 0 Å². The van der Waals surface area contributed by atoms with Crippen LogP contribution in [0.1, 0.15) is 39.1 Å². The van der Waals surface area contributed by atoms with E-state index < -0.39 is 0 Å². The normalized spacial score (nSPS) is 16.1. The van der Waals surface area contributed by atoms with Crippen LogP contribution in [0.3, 0.4) is 0 Å². The molecule has 2 aromatic carbocycles. The van der Waals surface area contributed by atoms with Crippen molar-refractivity contribution in [3.63, 3.8) is 0 Å². The van der Waals surface area contributed by atoms with Gasteiger partial charge in [0.25, 0.3) is 0 Å². The first-order valence-electron chi connectivity index (χ1n) is 11.7. The largest absolute Gasteiger partial charge is 0.352 e. The molecule has 0 radical (unpaired) electrons. The quantitative estimate of drug-likeness (QED) is 0.289. The Morgan fingerprint density at radius 1 is 0.618 bits per heavy atom. The maximum Gasteiger partial charge on any atom is 0.0886 e. The molecule has 0 atom stereocenters. The molecule has 2 N–H and O–H groups in total. The number of hydrogen-bond donors (Lipinski definition) is 2. The third-order valence-corrected chi connectivity index (χ3v) is 8.07. The Hall–Kier alpha value is -4.06. The van der Waals surface area contributed by atoms with Crippen molar-refractivity contribution >= 4 is 21.8 Å². The van der Waals surface area contributed by atoms with Gasteiger partial charge >= 0.3 is 0 Å². The minimum absolute atomic E-state index is 0.255. The highest BCUT2D eigenvalue weighted by molar-refractivity contribution is 5.95. The van der Waals surface area contributed by atoms with E-state index in [0.29, 0.717) is 0 Å². The fourth-order valence-electron chi connectivity index (χ4n) is 5.18. The monoisotopic (exact) mass is 446 g/mol. The molecule has 0 spiro atoms. The molecule has 34 heavy (non-hydrogen) atoms. The first-order valence-corrected chi connectivity index (χ1v) is 11.7. The lowest BCUT2D eigenvalue weighted by atomic mass is 9.64. The summed E-state index contributed by atoms with van der Waals surface area (Å²) >= 11 is 0. The number of H-pyrrole nitrogens is 2. The van der Waals surface area contributed by atoms with E-state index in [4.69, 9.17) is 10.2 Å². The van der Waals surface area contributed by atoms with Gasteiger partial charge in [0, 0.05) is 34.0 Å². The molecular weight excluding hydrogens is 420 g/mol. The fraction of sp³-hybridized carbons (Fsp3) is 0.214. The number of aromatic amines is 2. The van der Waals surface area contributed by atoms with Crippen LogP contribution in [0.5, 0.6) is 0 Å². The Balaban J connectivity index is 1.58. The average molecular weight is 447 g/mol. The van der Waals surface area contributed by atoms with Gasteiger partial charge in [0.05, 0.1) is 45.2 Å². The summed E-state index contributed by atoms with van der Waals surface area (Å²) in [5.74, 6) is 0. The number of nitrogens with zero attached hydrogens (tertiary/aromatic N) is 4. The summed E-state index contributed by atoms with van der Waals surface area (Å²) in [5.41, 5.74) is 7.89. The molecule has 0 unspecified atom stereocenters. The lowest BCUT2D eigenvalue weighted by molar-refractivity contribution is 0.286. The van der Waals surface area contributed by atoms with Gasteiger partial charge in [0.15, 0.2) is 0 Å². The topological polar surface area (TPSA) is 67.2 Å². The Morgan fingerprint density at radius 3 is 1.50 bits per heavy atom. The Morgan fingerprint density at radius 2 is 1.06 bits per heavy atom. The van der Waals surface area contributed by atoms with Crippen LogP contribution in [0.25, 0.3) is 44.6 Å². The minimum atomic E-state index is -0.255. The number of benzene rings is 2. The number of para-hydroxylation sites is 2. The first-order chi connectivity index (χ1) is 16.3. The highest BCUT2D eigenvalue weighted by Crippen LogP contribution is 2.43. The molecule has 6 nitrogen and oxygen atoms in total. The molecule has 0 aliphatic carbocycles. The van der Waals surface area contributed by atoms with Crippen LogP contribution in [0.2, 0.25) is 0 Å². The van der Waals surface area contributed by atoms with E-state index in [1.807, 2.05) is 9.36 Å². The van der Waals surface area contributed by atoms with Crippen LogP contribution in [0, 0.1) is 0 Å². The van der Waals surface area contributed by atoms with Crippen molar-refractivity contribution in [1.82, 2.24) is 29.5 Å². The molecule has 4 aromatic heterocycles. The van der Waals surface area contributed by atoms with Gasteiger partial charge in [0.2, 0.25) is 0 Å². The molecule has 6 heteroatoms. The van der Waals surface area contributed by atoms with Gasteiger partial charge in [-0.15, -0.1) is 0 Å². The molecule has 7 rings (SSSR count). The second-order valence-electron chi connectivity index (χ2n) is 10.4. The van der Waals surface area contributed by atoms with E-state index in [9.17, 15) is 0 Å². The van der Waals surface area contributed by atoms with Crippen LogP contribution in [-0.2, 0) is 10.8 Å². The zero-order chi connectivity index (χ0) is 23.2. The van der Waals surface area contributed by atoms with E-state index in [-0.39, 0.29) is 10.8 Å². The molecule has 168 valence electrons. The third-order valence-electron chi connectivity index (χ3n) is 8.07. The molecule has 5 heterocycles. The predicted molar refractivity (Wildman–Crippen MR) is 136 cm³/mol. The zero-order valence-electron chi connectivity index (χ0n) is 19.7. The third kappa shape index (κ3) is 2.45. The summed E-state index contributed by atoms with van der Waals surface area (Å²) in [6.45, 7) is 9.03. The molecule has 6 aromatic rings. The van der Waals surface area contributed by atoms with Crippen LogP contribution >= 0.6 is 0 Å².